The summed E-state index contributed by atoms with van der Waals surface area (Å²) in [4.78, 5) is 13.0. The maximum Gasteiger partial charge on any atom is 0.264 e. The van der Waals surface area contributed by atoms with Crippen molar-refractivity contribution in [2.24, 2.45) is 0 Å². The average Bonchev–Trinajstić information content (AvgIpc) is 2.82. The molecule has 178 valence electrons. The Morgan fingerprint density at radius 2 is 1.76 bits per heavy atom. The number of rotatable bonds is 7. The summed E-state index contributed by atoms with van der Waals surface area (Å²) < 4.78 is 39.7. The Morgan fingerprint density at radius 3 is 2.47 bits per heavy atom. The van der Waals surface area contributed by atoms with E-state index in [1.165, 1.54) is 12.1 Å². The van der Waals surface area contributed by atoms with Crippen molar-refractivity contribution in [2.75, 3.05) is 24.0 Å². The Labute approximate surface area is 204 Å². The van der Waals surface area contributed by atoms with Gasteiger partial charge in [0.25, 0.3) is 10.0 Å². The van der Waals surface area contributed by atoms with E-state index in [0.717, 1.165) is 9.87 Å². The van der Waals surface area contributed by atoms with Crippen molar-refractivity contribution in [3.63, 3.8) is 0 Å². The van der Waals surface area contributed by atoms with E-state index in [1.807, 2.05) is 25.1 Å². The minimum Gasteiger partial charge on any atom is -0.486 e. The van der Waals surface area contributed by atoms with E-state index >= 15 is 0 Å². The Balaban J connectivity index is 1.52. The molecule has 34 heavy (non-hydrogen) atoms. The zero-order chi connectivity index (χ0) is 24.3. The molecule has 0 unspecified atom stereocenters. The third-order valence-electron chi connectivity index (χ3n) is 5.42. The molecule has 0 fully saturated rings. The zero-order valence-corrected chi connectivity index (χ0v) is 20.4. The normalized spacial score (nSPS) is 15.0. The van der Waals surface area contributed by atoms with Gasteiger partial charge in [0.2, 0.25) is 5.91 Å². The number of anilines is 1. The number of nitrogens with zero attached hydrogens (tertiary/aromatic N) is 1. The van der Waals surface area contributed by atoms with E-state index in [4.69, 9.17) is 21.1 Å². The lowest BCUT2D eigenvalue weighted by molar-refractivity contribution is -0.120. The van der Waals surface area contributed by atoms with Crippen molar-refractivity contribution < 1.29 is 22.7 Å². The first-order valence-corrected chi connectivity index (χ1v) is 12.6. The van der Waals surface area contributed by atoms with Crippen molar-refractivity contribution in [3.05, 3.63) is 82.9 Å². The number of aryl methyl sites for hydroxylation is 2. The molecular weight excluding hydrogens is 476 g/mol. The van der Waals surface area contributed by atoms with Crippen LogP contribution >= 0.6 is 11.6 Å². The molecule has 3 aromatic carbocycles. The fourth-order valence-electron chi connectivity index (χ4n) is 3.61. The number of hydrogen-bond acceptors (Lipinski definition) is 5. The summed E-state index contributed by atoms with van der Waals surface area (Å²) >= 11 is 6.07. The zero-order valence-electron chi connectivity index (χ0n) is 18.8. The summed E-state index contributed by atoms with van der Waals surface area (Å²) in [6.45, 7) is 3.68. The van der Waals surface area contributed by atoms with Crippen LogP contribution in [0.15, 0.2) is 71.6 Å². The second-order valence-corrected chi connectivity index (χ2v) is 10.4. The number of carbonyl (C=O) groups is 1. The first-order chi connectivity index (χ1) is 16.2. The number of hydrogen-bond donors (Lipinski definition) is 1. The highest BCUT2D eigenvalue weighted by Crippen LogP contribution is 2.31. The van der Waals surface area contributed by atoms with Gasteiger partial charge in [-0.25, -0.2) is 8.42 Å². The smallest absolute Gasteiger partial charge is 0.264 e. The van der Waals surface area contributed by atoms with Gasteiger partial charge in [-0.2, -0.15) is 0 Å². The van der Waals surface area contributed by atoms with Gasteiger partial charge in [0.15, 0.2) is 11.5 Å². The third kappa shape index (κ3) is 5.29. The molecule has 1 atom stereocenters. The van der Waals surface area contributed by atoms with Crippen molar-refractivity contribution in [2.45, 2.75) is 24.8 Å². The molecule has 7 nitrogen and oxygen atoms in total. The molecule has 1 amide bonds. The van der Waals surface area contributed by atoms with Crippen molar-refractivity contribution in [3.8, 4) is 11.5 Å². The predicted octanol–water partition coefficient (Wildman–Crippen LogP) is 4.11. The second kappa shape index (κ2) is 9.95. The topological polar surface area (TPSA) is 84.9 Å². The van der Waals surface area contributed by atoms with Crippen LogP contribution in [0.1, 0.15) is 11.1 Å². The summed E-state index contributed by atoms with van der Waals surface area (Å²) in [5, 5.41) is 3.25. The summed E-state index contributed by atoms with van der Waals surface area (Å²) in [6.07, 6.45) is -0.390. The lowest BCUT2D eigenvalue weighted by Gasteiger charge is -2.28. The summed E-state index contributed by atoms with van der Waals surface area (Å²) in [5.74, 6) is 0.791. The minimum atomic E-state index is -4.01. The number of para-hydroxylation sites is 2. The highest BCUT2D eigenvalue weighted by atomic mass is 35.5. The molecule has 1 aliphatic heterocycles. The quantitative estimate of drug-likeness (QED) is 0.527. The van der Waals surface area contributed by atoms with Crippen LogP contribution in [0.5, 0.6) is 11.5 Å². The average molecular weight is 501 g/mol. The van der Waals surface area contributed by atoms with E-state index in [1.54, 1.807) is 43.3 Å². The van der Waals surface area contributed by atoms with E-state index in [0.29, 0.717) is 27.8 Å². The van der Waals surface area contributed by atoms with Gasteiger partial charge >= 0.3 is 0 Å². The number of halogens is 1. The second-order valence-electron chi connectivity index (χ2n) is 8.06. The molecule has 0 bridgehead atoms. The van der Waals surface area contributed by atoms with Gasteiger partial charge in [0.1, 0.15) is 19.3 Å². The van der Waals surface area contributed by atoms with Crippen LogP contribution in [0, 0.1) is 13.8 Å². The first-order valence-electron chi connectivity index (χ1n) is 10.7. The first kappa shape index (κ1) is 23.9. The Morgan fingerprint density at radius 1 is 1.06 bits per heavy atom. The van der Waals surface area contributed by atoms with Crippen LogP contribution in [0.25, 0.3) is 0 Å². The van der Waals surface area contributed by atoms with Crippen LogP contribution in [0.4, 0.5) is 5.69 Å². The molecule has 4 rings (SSSR count). The summed E-state index contributed by atoms with van der Waals surface area (Å²) in [6, 6.07) is 18.7. The molecule has 3 aromatic rings. The Bertz CT molecular complexity index is 1290. The largest absolute Gasteiger partial charge is 0.486 e. The Hall–Kier alpha value is -3.23. The Kier molecular flexibility index (Phi) is 7.00. The number of amides is 1. The number of benzene rings is 3. The van der Waals surface area contributed by atoms with E-state index in [9.17, 15) is 13.2 Å². The van der Waals surface area contributed by atoms with Gasteiger partial charge in [-0.05, 0) is 61.9 Å². The van der Waals surface area contributed by atoms with Gasteiger partial charge in [-0.15, -0.1) is 0 Å². The lowest BCUT2D eigenvalue weighted by atomic mass is 10.2. The lowest BCUT2D eigenvalue weighted by Crippen LogP contribution is -2.45. The van der Waals surface area contributed by atoms with Gasteiger partial charge in [-0.1, -0.05) is 41.4 Å². The van der Waals surface area contributed by atoms with Gasteiger partial charge in [-0.3, -0.25) is 9.10 Å². The third-order valence-corrected chi connectivity index (χ3v) is 7.43. The molecule has 0 saturated heterocycles. The van der Waals surface area contributed by atoms with Crippen molar-refractivity contribution >= 4 is 33.2 Å². The molecule has 1 aliphatic rings. The fraction of sp³-hybridized carbons (Fsp3) is 0.240. The predicted molar refractivity (Wildman–Crippen MR) is 131 cm³/mol. The van der Waals surface area contributed by atoms with Crippen molar-refractivity contribution in [1.82, 2.24) is 5.32 Å². The van der Waals surface area contributed by atoms with Crippen LogP contribution in [0.3, 0.4) is 0 Å². The highest BCUT2D eigenvalue weighted by Gasteiger charge is 2.29. The summed E-state index contributed by atoms with van der Waals surface area (Å²) in [5.41, 5.74) is 1.95. The maximum absolute atomic E-state index is 13.5. The fourth-order valence-corrected chi connectivity index (χ4v) is 5.33. The number of sulfonamides is 1. The minimum absolute atomic E-state index is 0.0980. The molecule has 1 heterocycles. The molecule has 0 spiro atoms. The van der Waals surface area contributed by atoms with Gasteiger partial charge in [0.05, 0.1) is 17.1 Å². The SMILES string of the molecule is Cc1ccc(S(=O)(=O)N(CC(=O)NC[C@H]2COc3ccccc3O2)c2ccc(Cl)cc2C)cc1. The molecule has 1 N–H and O–H groups in total. The number of fused-ring (bicyclic) bond motifs is 1. The molecule has 0 radical (unpaired) electrons. The number of ether oxygens (including phenoxy) is 2. The van der Waals surface area contributed by atoms with Crippen LogP contribution in [0.2, 0.25) is 5.02 Å². The van der Waals surface area contributed by atoms with Gasteiger partial charge in [0, 0.05) is 5.02 Å². The van der Waals surface area contributed by atoms with Crippen LogP contribution < -0.4 is 19.1 Å². The molecular formula is C25H25ClN2O5S. The molecule has 9 heteroatoms. The molecule has 0 aromatic heterocycles. The molecule has 0 aliphatic carbocycles. The standard InChI is InChI=1S/C25H25ClN2O5S/c1-17-7-10-21(11-8-17)34(30,31)28(22-12-9-19(26)13-18(22)2)15-25(29)27-14-20-16-32-23-5-3-4-6-24(23)33-20/h3-13,20H,14-16H2,1-2H3,(H,27,29)/t20-/m0/s1. The number of carbonyl (C=O) groups excluding carboxylic acids is 1. The highest BCUT2D eigenvalue weighted by molar-refractivity contribution is 7.92. The summed E-state index contributed by atoms with van der Waals surface area (Å²) in [7, 11) is -4.01. The van der Waals surface area contributed by atoms with Crippen LogP contribution in [-0.4, -0.2) is 40.1 Å². The van der Waals surface area contributed by atoms with Crippen molar-refractivity contribution in [1.29, 1.82) is 0 Å². The monoisotopic (exact) mass is 500 g/mol. The number of nitrogens with one attached hydrogen (secondary N) is 1. The van der Waals surface area contributed by atoms with E-state index in [2.05, 4.69) is 5.32 Å². The van der Waals surface area contributed by atoms with E-state index < -0.39 is 28.6 Å². The maximum atomic E-state index is 13.5. The van der Waals surface area contributed by atoms with Crippen LogP contribution in [-0.2, 0) is 14.8 Å². The molecule has 0 saturated carbocycles. The van der Waals surface area contributed by atoms with E-state index in [-0.39, 0.29) is 18.0 Å². The van der Waals surface area contributed by atoms with Gasteiger partial charge < -0.3 is 14.8 Å².